The van der Waals surface area contributed by atoms with Gasteiger partial charge in [0.2, 0.25) is 0 Å². The molecular weight excluding hydrogens is 674 g/mol. The number of rotatable bonds is 11. The highest BCUT2D eigenvalue weighted by atomic mass is 79.9. The number of halogens is 2. The highest BCUT2D eigenvalue weighted by Gasteiger charge is 2.27. The van der Waals surface area contributed by atoms with Gasteiger partial charge in [0.05, 0.1) is 28.4 Å². The molecule has 0 saturated carbocycles. The van der Waals surface area contributed by atoms with Crippen LogP contribution in [0.3, 0.4) is 0 Å². The molecule has 0 aliphatic carbocycles. The van der Waals surface area contributed by atoms with Gasteiger partial charge >= 0.3 is 0 Å². The second kappa shape index (κ2) is 13.8. The second-order valence-electron chi connectivity index (χ2n) is 8.90. The number of anilines is 1. The zero-order valence-corrected chi connectivity index (χ0v) is 26.2. The molecule has 0 heterocycles. The van der Waals surface area contributed by atoms with Crippen LogP contribution >= 0.6 is 31.9 Å². The number of hydrogen-bond acceptors (Lipinski definition) is 6. The minimum atomic E-state index is -4.02. The van der Waals surface area contributed by atoms with Crippen LogP contribution in [0.1, 0.15) is 16.7 Å². The monoisotopic (exact) mass is 699 g/mol. The van der Waals surface area contributed by atoms with Crippen molar-refractivity contribution < 1.29 is 22.7 Å². The molecule has 8 nitrogen and oxygen atoms in total. The molecule has 41 heavy (non-hydrogen) atoms. The number of nitrogens with one attached hydrogen (secondary N) is 1. The number of aryl methyl sites for hydroxylation is 1. The Balaban J connectivity index is 1.47. The molecule has 1 amide bonds. The van der Waals surface area contributed by atoms with E-state index < -0.39 is 22.5 Å². The van der Waals surface area contributed by atoms with Gasteiger partial charge in [0.15, 0.2) is 11.5 Å². The number of hydrazone groups is 1. The molecule has 11 heteroatoms. The van der Waals surface area contributed by atoms with Crippen molar-refractivity contribution in [3.05, 3.63) is 117 Å². The van der Waals surface area contributed by atoms with Gasteiger partial charge in [0.25, 0.3) is 15.9 Å². The number of carbonyl (C=O) groups is 1. The minimum Gasteiger partial charge on any atom is -0.493 e. The van der Waals surface area contributed by atoms with E-state index >= 15 is 0 Å². The molecule has 0 unspecified atom stereocenters. The molecule has 0 radical (unpaired) electrons. The standard InChI is InChI=1S/C30H27Br2N3O5S/c1-21-8-10-22(11-9-21)20-40-30-27(32)16-23(17-28(30)39-2)18-33-34-29(36)19-35(25-14-12-24(31)13-15-25)41(37,38)26-6-4-3-5-7-26/h3-18H,19-20H2,1-2H3,(H,34,36)/b33-18-. The first-order valence-corrected chi connectivity index (χ1v) is 15.4. The molecule has 0 aliphatic heterocycles. The quantitative estimate of drug-likeness (QED) is 0.143. The Bertz CT molecular complexity index is 1630. The van der Waals surface area contributed by atoms with E-state index in [2.05, 4.69) is 42.4 Å². The van der Waals surface area contributed by atoms with E-state index in [9.17, 15) is 13.2 Å². The average molecular weight is 701 g/mol. The summed E-state index contributed by atoms with van der Waals surface area (Å²) in [6.07, 6.45) is 1.44. The van der Waals surface area contributed by atoms with Crippen LogP contribution in [0.15, 0.2) is 110 Å². The maximum Gasteiger partial charge on any atom is 0.264 e. The number of sulfonamides is 1. The summed E-state index contributed by atoms with van der Waals surface area (Å²) in [6, 6.07) is 26.1. The number of hydrogen-bond donors (Lipinski definition) is 1. The lowest BCUT2D eigenvalue weighted by molar-refractivity contribution is -0.119. The molecule has 4 rings (SSSR count). The lowest BCUT2D eigenvalue weighted by atomic mass is 10.2. The van der Waals surface area contributed by atoms with Gasteiger partial charge in [-0.1, -0.05) is 64.0 Å². The fraction of sp³-hybridized carbons (Fsp3) is 0.133. The third kappa shape index (κ3) is 7.96. The second-order valence-corrected chi connectivity index (χ2v) is 12.5. The van der Waals surface area contributed by atoms with Crippen molar-refractivity contribution in [1.82, 2.24) is 5.43 Å². The van der Waals surface area contributed by atoms with E-state index in [1.807, 2.05) is 31.2 Å². The average Bonchev–Trinajstić information content (AvgIpc) is 2.97. The number of carbonyl (C=O) groups excluding carboxylic acids is 1. The predicted molar refractivity (Wildman–Crippen MR) is 167 cm³/mol. The fourth-order valence-corrected chi connectivity index (χ4v) is 6.06. The highest BCUT2D eigenvalue weighted by molar-refractivity contribution is 9.10. The van der Waals surface area contributed by atoms with Crippen molar-refractivity contribution >= 4 is 59.7 Å². The van der Waals surface area contributed by atoms with Crippen LogP contribution in [0.2, 0.25) is 0 Å². The maximum atomic E-state index is 13.4. The van der Waals surface area contributed by atoms with Crippen molar-refractivity contribution in [3.63, 3.8) is 0 Å². The van der Waals surface area contributed by atoms with Crippen molar-refractivity contribution in [2.45, 2.75) is 18.4 Å². The van der Waals surface area contributed by atoms with E-state index in [0.29, 0.717) is 33.8 Å². The zero-order valence-electron chi connectivity index (χ0n) is 22.3. The van der Waals surface area contributed by atoms with Gasteiger partial charge < -0.3 is 9.47 Å². The van der Waals surface area contributed by atoms with Crippen LogP contribution in [0, 0.1) is 6.92 Å². The maximum absolute atomic E-state index is 13.4. The molecule has 0 bridgehead atoms. The first-order chi connectivity index (χ1) is 19.7. The molecule has 4 aromatic carbocycles. The minimum absolute atomic E-state index is 0.0702. The molecule has 1 N–H and O–H groups in total. The summed E-state index contributed by atoms with van der Waals surface area (Å²) < 4.78 is 40.8. The third-order valence-corrected chi connectivity index (χ3v) is 8.80. The number of ether oxygens (including phenoxy) is 2. The first kappa shape index (κ1) is 30.3. The normalized spacial score (nSPS) is 11.3. The molecule has 0 spiro atoms. The van der Waals surface area contributed by atoms with Gasteiger partial charge in [-0.25, -0.2) is 13.8 Å². The molecule has 0 aliphatic rings. The zero-order chi connectivity index (χ0) is 29.4. The summed E-state index contributed by atoms with van der Waals surface area (Å²) in [5.74, 6) is 0.396. The fourth-order valence-electron chi connectivity index (χ4n) is 3.78. The summed E-state index contributed by atoms with van der Waals surface area (Å²) in [7, 11) is -2.48. The van der Waals surface area contributed by atoms with E-state index in [0.717, 1.165) is 14.3 Å². The first-order valence-electron chi connectivity index (χ1n) is 12.4. The third-order valence-electron chi connectivity index (χ3n) is 5.89. The van der Waals surface area contributed by atoms with Crippen molar-refractivity contribution in [1.29, 1.82) is 0 Å². The molecule has 4 aromatic rings. The lowest BCUT2D eigenvalue weighted by Gasteiger charge is -2.23. The van der Waals surface area contributed by atoms with Crippen LogP contribution in [0.4, 0.5) is 5.69 Å². The Morgan fingerprint density at radius 1 is 0.976 bits per heavy atom. The molecule has 0 atom stereocenters. The Morgan fingerprint density at radius 3 is 2.32 bits per heavy atom. The summed E-state index contributed by atoms with van der Waals surface area (Å²) >= 11 is 6.87. The Morgan fingerprint density at radius 2 is 1.66 bits per heavy atom. The van der Waals surface area contributed by atoms with Gasteiger partial charge in [-0.15, -0.1) is 0 Å². The highest BCUT2D eigenvalue weighted by Crippen LogP contribution is 2.37. The molecule has 0 saturated heterocycles. The van der Waals surface area contributed by atoms with Crippen molar-refractivity contribution in [3.8, 4) is 11.5 Å². The molecule has 0 fully saturated rings. The van der Waals surface area contributed by atoms with Crippen LogP contribution < -0.4 is 19.2 Å². The Labute approximate surface area is 256 Å². The van der Waals surface area contributed by atoms with Gasteiger partial charge in [0, 0.05) is 4.47 Å². The predicted octanol–water partition coefficient (Wildman–Crippen LogP) is 6.45. The molecule has 0 aromatic heterocycles. The number of amides is 1. The van der Waals surface area contributed by atoms with Gasteiger partial charge in [-0.2, -0.15) is 5.10 Å². The van der Waals surface area contributed by atoms with E-state index in [4.69, 9.17) is 9.47 Å². The van der Waals surface area contributed by atoms with Gasteiger partial charge in [-0.3, -0.25) is 9.10 Å². The van der Waals surface area contributed by atoms with Gasteiger partial charge in [-0.05, 0) is 82.5 Å². The largest absolute Gasteiger partial charge is 0.493 e. The Kier molecular flexibility index (Phi) is 10.2. The number of methoxy groups -OCH3 is 1. The molecular formula is C30H27Br2N3O5S. The van der Waals surface area contributed by atoms with Crippen molar-refractivity contribution in [2.24, 2.45) is 5.10 Å². The SMILES string of the molecule is COc1cc(/C=N\NC(=O)CN(c2ccc(Br)cc2)S(=O)(=O)c2ccccc2)cc(Br)c1OCc1ccc(C)cc1. The number of benzene rings is 4. The van der Waals surface area contributed by atoms with E-state index in [1.54, 1.807) is 54.6 Å². The lowest BCUT2D eigenvalue weighted by Crippen LogP contribution is -2.39. The van der Waals surface area contributed by atoms with Crippen LogP contribution in [0.5, 0.6) is 11.5 Å². The summed E-state index contributed by atoms with van der Waals surface area (Å²) in [5.41, 5.74) is 5.57. The Hall–Kier alpha value is -3.67. The van der Waals surface area contributed by atoms with Crippen LogP contribution in [-0.2, 0) is 21.4 Å². The van der Waals surface area contributed by atoms with E-state index in [-0.39, 0.29) is 4.90 Å². The van der Waals surface area contributed by atoms with Gasteiger partial charge in [0.1, 0.15) is 13.2 Å². The summed E-state index contributed by atoms with van der Waals surface area (Å²) in [4.78, 5) is 12.9. The van der Waals surface area contributed by atoms with E-state index in [1.165, 1.54) is 31.0 Å². The summed E-state index contributed by atoms with van der Waals surface area (Å²) in [6.45, 7) is 1.91. The van der Waals surface area contributed by atoms with Crippen LogP contribution in [0.25, 0.3) is 0 Å². The smallest absolute Gasteiger partial charge is 0.264 e. The van der Waals surface area contributed by atoms with Crippen LogP contribution in [-0.4, -0.2) is 34.2 Å². The summed E-state index contributed by atoms with van der Waals surface area (Å²) in [5, 5.41) is 4.03. The van der Waals surface area contributed by atoms with Crippen molar-refractivity contribution in [2.75, 3.05) is 18.0 Å². The topological polar surface area (TPSA) is 97.3 Å². The molecule has 212 valence electrons. The number of nitrogens with zero attached hydrogens (tertiary/aromatic N) is 2.